The Hall–Kier alpha value is -0.830. The Bertz CT molecular complexity index is 636. The highest BCUT2D eigenvalue weighted by atomic mass is 35.5. The van der Waals surface area contributed by atoms with E-state index in [9.17, 15) is 16.8 Å². The largest absolute Gasteiger partial charge is 0.398 e. The van der Waals surface area contributed by atoms with E-state index in [2.05, 4.69) is 4.72 Å². The summed E-state index contributed by atoms with van der Waals surface area (Å²) in [5.41, 5.74) is 5.63. The fourth-order valence-electron chi connectivity index (χ4n) is 1.42. The van der Waals surface area contributed by atoms with Crippen LogP contribution < -0.4 is 10.5 Å². The van der Waals surface area contributed by atoms with Gasteiger partial charge in [-0.2, -0.15) is 0 Å². The number of sulfone groups is 1. The first-order valence-electron chi connectivity index (χ1n) is 5.35. The van der Waals surface area contributed by atoms with Gasteiger partial charge in [-0.1, -0.05) is 17.7 Å². The number of sulfonamides is 1. The van der Waals surface area contributed by atoms with Gasteiger partial charge in [-0.05, 0) is 18.6 Å². The summed E-state index contributed by atoms with van der Waals surface area (Å²) in [6.45, 7) is 0.0000660. The molecule has 0 fully saturated rings. The Balaban J connectivity index is 2.77. The van der Waals surface area contributed by atoms with Crippen molar-refractivity contribution in [2.24, 2.45) is 0 Å². The molecular weight excluding hydrogens is 312 g/mol. The lowest BCUT2D eigenvalue weighted by molar-refractivity contribution is 0.578. The smallest absolute Gasteiger partial charge is 0.244 e. The fraction of sp³-hybridized carbons (Fsp3) is 0.400. The summed E-state index contributed by atoms with van der Waals surface area (Å²) in [4.78, 5) is -0.184. The van der Waals surface area contributed by atoms with Crippen LogP contribution in [0.1, 0.15) is 6.42 Å². The topological polar surface area (TPSA) is 106 Å². The Morgan fingerprint density at radius 2 is 1.89 bits per heavy atom. The molecule has 0 atom stereocenters. The molecule has 0 aromatic heterocycles. The van der Waals surface area contributed by atoms with E-state index in [1.807, 2.05) is 0 Å². The van der Waals surface area contributed by atoms with Gasteiger partial charge in [0, 0.05) is 12.8 Å². The van der Waals surface area contributed by atoms with Gasteiger partial charge in [-0.25, -0.2) is 21.6 Å². The Morgan fingerprint density at radius 3 is 2.42 bits per heavy atom. The first-order chi connectivity index (χ1) is 8.63. The third-order valence-corrected chi connectivity index (χ3v) is 5.28. The zero-order valence-corrected chi connectivity index (χ0v) is 12.6. The maximum absolute atomic E-state index is 12.0. The summed E-state index contributed by atoms with van der Waals surface area (Å²) in [6, 6.07) is 4.39. The van der Waals surface area contributed by atoms with Crippen molar-refractivity contribution in [3.63, 3.8) is 0 Å². The van der Waals surface area contributed by atoms with Crippen molar-refractivity contribution >= 4 is 37.1 Å². The summed E-state index contributed by atoms with van der Waals surface area (Å²) in [6.07, 6.45) is 1.27. The number of hydrogen-bond acceptors (Lipinski definition) is 5. The standard InChI is InChI=1S/C10H15ClN2O4S2/c1-18(14,15)7-3-6-13-19(16,17)10-8(11)4-2-5-9(10)12/h2,4-5,13H,3,6-7,12H2,1H3. The minimum Gasteiger partial charge on any atom is -0.398 e. The van der Waals surface area contributed by atoms with E-state index in [0.29, 0.717) is 0 Å². The maximum atomic E-state index is 12.0. The lowest BCUT2D eigenvalue weighted by atomic mass is 10.3. The Morgan fingerprint density at radius 1 is 1.26 bits per heavy atom. The zero-order chi connectivity index (χ0) is 14.7. The first-order valence-corrected chi connectivity index (χ1v) is 9.27. The molecule has 0 aliphatic carbocycles. The number of benzene rings is 1. The van der Waals surface area contributed by atoms with Crippen LogP contribution in [0.15, 0.2) is 23.1 Å². The number of hydrogen-bond donors (Lipinski definition) is 2. The summed E-state index contributed by atoms with van der Waals surface area (Å²) in [7, 11) is -6.95. The van der Waals surface area contributed by atoms with Crippen molar-refractivity contribution in [2.45, 2.75) is 11.3 Å². The number of nitrogens with two attached hydrogens (primary N) is 1. The van der Waals surface area contributed by atoms with Crippen LogP contribution in [0.3, 0.4) is 0 Å². The number of rotatable bonds is 6. The molecule has 3 N–H and O–H groups in total. The second kappa shape index (κ2) is 6.08. The Labute approximate surface area is 117 Å². The predicted molar refractivity (Wildman–Crippen MR) is 75.4 cm³/mol. The van der Waals surface area contributed by atoms with E-state index >= 15 is 0 Å². The third-order valence-electron chi connectivity index (χ3n) is 2.25. The highest BCUT2D eigenvalue weighted by Gasteiger charge is 2.20. The maximum Gasteiger partial charge on any atom is 0.244 e. The van der Waals surface area contributed by atoms with Crippen LogP contribution in [0.2, 0.25) is 5.02 Å². The van der Waals surface area contributed by atoms with Gasteiger partial charge in [0.05, 0.1) is 16.5 Å². The molecule has 19 heavy (non-hydrogen) atoms. The quantitative estimate of drug-likeness (QED) is 0.589. The van der Waals surface area contributed by atoms with Crippen molar-refractivity contribution < 1.29 is 16.8 Å². The normalized spacial score (nSPS) is 12.5. The average molecular weight is 327 g/mol. The number of halogens is 1. The summed E-state index contributed by atoms with van der Waals surface area (Å²) >= 11 is 5.80. The van der Waals surface area contributed by atoms with E-state index in [1.165, 1.54) is 12.1 Å². The average Bonchev–Trinajstić information content (AvgIpc) is 2.22. The van der Waals surface area contributed by atoms with Gasteiger partial charge >= 0.3 is 0 Å². The number of nitrogen functional groups attached to an aromatic ring is 1. The second-order valence-electron chi connectivity index (χ2n) is 4.04. The van der Waals surface area contributed by atoms with E-state index in [1.54, 1.807) is 6.07 Å². The molecular formula is C10H15ClN2O4S2. The van der Waals surface area contributed by atoms with Crippen LogP contribution in [0.4, 0.5) is 5.69 Å². The highest BCUT2D eigenvalue weighted by Crippen LogP contribution is 2.26. The molecule has 0 saturated heterocycles. The van der Waals surface area contributed by atoms with Crippen LogP contribution in [0.5, 0.6) is 0 Å². The lowest BCUT2D eigenvalue weighted by Crippen LogP contribution is -2.27. The van der Waals surface area contributed by atoms with Gasteiger partial charge < -0.3 is 5.73 Å². The number of anilines is 1. The summed E-state index contributed by atoms with van der Waals surface area (Å²) in [5.74, 6) is -0.0898. The molecule has 0 bridgehead atoms. The highest BCUT2D eigenvalue weighted by molar-refractivity contribution is 7.90. The van der Waals surface area contributed by atoms with Crippen LogP contribution in [0, 0.1) is 0 Å². The molecule has 9 heteroatoms. The summed E-state index contributed by atoms with van der Waals surface area (Å²) < 4.78 is 48.1. The lowest BCUT2D eigenvalue weighted by Gasteiger charge is -2.10. The van der Waals surface area contributed by atoms with Crippen LogP contribution in [0.25, 0.3) is 0 Å². The molecule has 0 spiro atoms. The molecule has 108 valence electrons. The number of nitrogens with one attached hydrogen (secondary N) is 1. The van der Waals surface area contributed by atoms with Crippen molar-refractivity contribution in [1.29, 1.82) is 0 Å². The Kier molecular flexibility index (Phi) is 5.19. The van der Waals surface area contributed by atoms with Crippen molar-refractivity contribution in [1.82, 2.24) is 4.72 Å². The molecule has 0 aliphatic heterocycles. The van der Waals surface area contributed by atoms with Gasteiger partial charge in [-0.15, -0.1) is 0 Å². The predicted octanol–water partition coefficient (Wildman–Crippen LogP) is 0.635. The molecule has 0 aliphatic rings. The molecule has 6 nitrogen and oxygen atoms in total. The van der Waals surface area contributed by atoms with E-state index < -0.39 is 19.9 Å². The molecule has 0 unspecified atom stereocenters. The molecule has 1 aromatic carbocycles. The molecule has 1 rings (SSSR count). The minimum atomic E-state index is -3.84. The molecule has 0 heterocycles. The van der Waals surface area contributed by atoms with E-state index in [0.717, 1.165) is 6.26 Å². The van der Waals surface area contributed by atoms with Crippen molar-refractivity contribution in [3.8, 4) is 0 Å². The van der Waals surface area contributed by atoms with Crippen LogP contribution in [-0.4, -0.2) is 35.4 Å². The zero-order valence-electron chi connectivity index (χ0n) is 10.3. The summed E-state index contributed by atoms with van der Waals surface area (Å²) in [5, 5.41) is 0.0237. The van der Waals surface area contributed by atoms with E-state index in [-0.39, 0.29) is 34.3 Å². The fourth-order valence-corrected chi connectivity index (χ4v) is 3.84. The molecule has 0 amide bonds. The van der Waals surface area contributed by atoms with Crippen molar-refractivity contribution in [2.75, 3.05) is 24.3 Å². The van der Waals surface area contributed by atoms with Gasteiger partial charge in [0.1, 0.15) is 14.7 Å². The van der Waals surface area contributed by atoms with Gasteiger partial charge in [-0.3, -0.25) is 0 Å². The van der Waals surface area contributed by atoms with Crippen LogP contribution in [-0.2, 0) is 19.9 Å². The van der Waals surface area contributed by atoms with Gasteiger partial charge in [0.2, 0.25) is 10.0 Å². The second-order valence-corrected chi connectivity index (χ2v) is 8.41. The SMILES string of the molecule is CS(=O)(=O)CCCNS(=O)(=O)c1c(N)cccc1Cl. The molecule has 0 saturated carbocycles. The van der Waals surface area contributed by atoms with E-state index in [4.69, 9.17) is 17.3 Å². The van der Waals surface area contributed by atoms with Crippen molar-refractivity contribution in [3.05, 3.63) is 23.2 Å². The van der Waals surface area contributed by atoms with Crippen LogP contribution >= 0.6 is 11.6 Å². The third kappa shape index (κ3) is 4.98. The minimum absolute atomic E-state index is 0.0000660. The molecule has 1 aromatic rings. The van der Waals surface area contributed by atoms with Gasteiger partial charge in [0.25, 0.3) is 0 Å². The molecule has 0 radical (unpaired) electrons. The monoisotopic (exact) mass is 326 g/mol. The first kappa shape index (κ1) is 16.2. The van der Waals surface area contributed by atoms with Gasteiger partial charge in [0.15, 0.2) is 0 Å².